The van der Waals surface area contributed by atoms with E-state index in [1.165, 1.54) is 16.7 Å². The Morgan fingerprint density at radius 1 is 1.11 bits per heavy atom. The Labute approximate surface area is 119 Å². The number of nitrogens with two attached hydrogens (primary N) is 1. The first-order chi connectivity index (χ1) is 9.19. The van der Waals surface area contributed by atoms with Gasteiger partial charge >= 0.3 is 0 Å². The van der Waals surface area contributed by atoms with E-state index in [9.17, 15) is 0 Å². The molecule has 0 aliphatic rings. The lowest BCUT2D eigenvalue weighted by Crippen LogP contribution is -1.92. The maximum Gasteiger partial charge on any atom is 0.121 e. The van der Waals surface area contributed by atoms with Crippen molar-refractivity contribution in [1.82, 2.24) is 0 Å². The Balaban J connectivity index is 1.96. The predicted octanol–water partition coefficient (Wildman–Crippen LogP) is 4.02. The number of hydrogen-bond acceptors (Lipinski definition) is 3. The molecule has 0 aromatic heterocycles. The molecule has 0 saturated heterocycles. The number of nitrogen functional groups attached to an aromatic ring is 1. The molecule has 100 valence electrons. The van der Waals surface area contributed by atoms with Crippen LogP contribution in [0.2, 0.25) is 0 Å². The lowest BCUT2D eigenvalue weighted by atomic mass is 10.1. The zero-order valence-electron chi connectivity index (χ0n) is 11.3. The molecule has 2 aromatic carbocycles. The fourth-order valence-corrected chi connectivity index (χ4v) is 2.99. The zero-order valence-corrected chi connectivity index (χ0v) is 12.2. The van der Waals surface area contributed by atoms with Crippen molar-refractivity contribution in [2.75, 3.05) is 12.8 Å². The van der Waals surface area contributed by atoms with Gasteiger partial charge in [0.05, 0.1) is 7.11 Å². The highest BCUT2D eigenvalue weighted by molar-refractivity contribution is 7.97. The molecule has 19 heavy (non-hydrogen) atoms. The average Bonchev–Trinajstić information content (AvgIpc) is 2.40. The van der Waals surface area contributed by atoms with Gasteiger partial charge in [-0.3, -0.25) is 0 Å². The summed E-state index contributed by atoms with van der Waals surface area (Å²) in [4.78, 5) is 0. The first kappa shape index (κ1) is 13.8. The minimum atomic E-state index is 0.755. The summed E-state index contributed by atoms with van der Waals surface area (Å²) in [5.74, 6) is 2.78. The van der Waals surface area contributed by atoms with Gasteiger partial charge in [0.25, 0.3) is 0 Å². The molecule has 0 aliphatic heterocycles. The van der Waals surface area contributed by atoms with E-state index >= 15 is 0 Å². The Hall–Kier alpha value is -1.61. The normalized spacial score (nSPS) is 10.4. The minimum Gasteiger partial charge on any atom is -0.497 e. The number of aryl methyl sites for hydroxylation is 1. The largest absolute Gasteiger partial charge is 0.497 e. The van der Waals surface area contributed by atoms with E-state index < -0.39 is 0 Å². The fraction of sp³-hybridized carbons (Fsp3) is 0.250. The predicted molar refractivity (Wildman–Crippen MR) is 83.6 cm³/mol. The van der Waals surface area contributed by atoms with Gasteiger partial charge in [-0.15, -0.1) is 0 Å². The van der Waals surface area contributed by atoms with Crippen LogP contribution in [0.3, 0.4) is 0 Å². The zero-order chi connectivity index (χ0) is 13.7. The van der Waals surface area contributed by atoms with E-state index in [1.54, 1.807) is 7.11 Å². The molecular weight excluding hydrogens is 254 g/mol. The van der Waals surface area contributed by atoms with Crippen molar-refractivity contribution in [2.24, 2.45) is 0 Å². The number of rotatable bonds is 5. The second-order valence-corrected chi connectivity index (χ2v) is 5.52. The topological polar surface area (TPSA) is 35.2 Å². The summed E-state index contributed by atoms with van der Waals surface area (Å²) in [6.45, 7) is 2.15. The molecule has 0 saturated carbocycles. The number of ether oxygens (including phenoxy) is 1. The molecule has 2 nitrogen and oxygen atoms in total. The van der Waals surface area contributed by atoms with E-state index in [2.05, 4.69) is 31.2 Å². The molecule has 2 rings (SSSR count). The molecule has 0 spiro atoms. The number of hydrogen-bond donors (Lipinski definition) is 1. The maximum absolute atomic E-state index is 5.85. The van der Waals surface area contributed by atoms with Gasteiger partial charge in [0, 0.05) is 23.3 Å². The third-order valence-electron chi connectivity index (χ3n) is 3.01. The van der Waals surface area contributed by atoms with Gasteiger partial charge in [-0.05, 0) is 35.7 Å². The summed E-state index contributed by atoms with van der Waals surface area (Å²) in [6, 6.07) is 14.4. The summed E-state index contributed by atoms with van der Waals surface area (Å²) >= 11 is 1.89. The molecule has 0 unspecified atom stereocenters. The summed E-state index contributed by atoms with van der Waals surface area (Å²) in [7, 11) is 1.67. The number of benzene rings is 2. The van der Waals surface area contributed by atoms with Crippen LogP contribution in [-0.2, 0) is 11.5 Å². The van der Waals surface area contributed by atoms with Crippen LogP contribution in [0.4, 0.5) is 5.69 Å². The smallest absolute Gasteiger partial charge is 0.121 e. The lowest BCUT2D eigenvalue weighted by Gasteiger charge is -2.08. The third-order valence-corrected chi connectivity index (χ3v) is 4.06. The Bertz CT molecular complexity index is 554. The lowest BCUT2D eigenvalue weighted by molar-refractivity contribution is 0.414. The van der Waals surface area contributed by atoms with Gasteiger partial charge in [-0.1, -0.05) is 24.3 Å². The molecule has 2 N–H and O–H groups in total. The summed E-state index contributed by atoms with van der Waals surface area (Å²) in [5.41, 5.74) is 10.6. The first-order valence-corrected chi connectivity index (χ1v) is 7.40. The van der Waals surface area contributed by atoms with Gasteiger partial charge in [-0.2, -0.15) is 11.8 Å². The fourth-order valence-electron chi connectivity index (χ4n) is 1.94. The Kier molecular flexibility index (Phi) is 4.74. The SMILES string of the molecule is COc1cc(N)cc(CSCc2ccccc2C)c1. The van der Waals surface area contributed by atoms with Crippen molar-refractivity contribution in [1.29, 1.82) is 0 Å². The van der Waals surface area contributed by atoms with Crippen molar-refractivity contribution in [3.05, 3.63) is 59.2 Å². The van der Waals surface area contributed by atoms with E-state index in [1.807, 2.05) is 30.0 Å². The van der Waals surface area contributed by atoms with Crippen LogP contribution >= 0.6 is 11.8 Å². The minimum absolute atomic E-state index is 0.755. The molecule has 0 atom stereocenters. The summed E-state index contributed by atoms with van der Waals surface area (Å²) < 4.78 is 5.23. The van der Waals surface area contributed by atoms with E-state index in [0.29, 0.717) is 0 Å². The second kappa shape index (κ2) is 6.53. The molecular formula is C16H19NOS. The van der Waals surface area contributed by atoms with Crippen molar-refractivity contribution in [3.8, 4) is 5.75 Å². The third kappa shape index (κ3) is 3.93. The van der Waals surface area contributed by atoms with E-state index in [0.717, 1.165) is 22.9 Å². The summed E-state index contributed by atoms with van der Waals surface area (Å²) in [5, 5.41) is 0. The second-order valence-electron chi connectivity index (χ2n) is 4.53. The number of thioether (sulfide) groups is 1. The maximum atomic E-state index is 5.85. The van der Waals surface area contributed by atoms with Gasteiger partial charge in [0.15, 0.2) is 0 Å². The number of anilines is 1. The molecule has 0 aliphatic carbocycles. The highest BCUT2D eigenvalue weighted by Crippen LogP contribution is 2.24. The molecule has 0 heterocycles. The van der Waals surface area contributed by atoms with Crippen LogP contribution in [-0.4, -0.2) is 7.11 Å². The standard InChI is InChI=1S/C16H19NOS/c1-12-5-3-4-6-14(12)11-19-10-13-7-15(17)9-16(8-13)18-2/h3-9H,10-11,17H2,1-2H3. The number of methoxy groups -OCH3 is 1. The van der Waals surface area contributed by atoms with Crippen LogP contribution in [0.25, 0.3) is 0 Å². The van der Waals surface area contributed by atoms with Crippen molar-refractivity contribution >= 4 is 17.4 Å². The molecule has 2 aromatic rings. The Morgan fingerprint density at radius 3 is 2.63 bits per heavy atom. The molecule has 0 fully saturated rings. The monoisotopic (exact) mass is 273 g/mol. The first-order valence-electron chi connectivity index (χ1n) is 6.24. The van der Waals surface area contributed by atoms with Crippen LogP contribution in [0.5, 0.6) is 5.75 Å². The van der Waals surface area contributed by atoms with Crippen molar-refractivity contribution in [2.45, 2.75) is 18.4 Å². The van der Waals surface area contributed by atoms with Crippen molar-refractivity contribution in [3.63, 3.8) is 0 Å². The van der Waals surface area contributed by atoms with Gasteiger partial charge < -0.3 is 10.5 Å². The molecule has 0 amide bonds. The van der Waals surface area contributed by atoms with Gasteiger partial charge in [-0.25, -0.2) is 0 Å². The van der Waals surface area contributed by atoms with Crippen LogP contribution < -0.4 is 10.5 Å². The Morgan fingerprint density at radius 2 is 1.89 bits per heavy atom. The molecule has 0 bridgehead atoms. The van der Waals surface area contributed by atoms with Crippen LogP contribution in [0.1, 0.15) is 16.7 Å². The quantitative estimate of drug-likeness (QED) is 0.836. The van der Waals surface area contributed by atoms with Crippen LogP contribution in [0.15, 0.2) is 42.5 Å². The highest BCUT2D eigenvalue weighted by Gasteiger charge is 2.01. The van der Waals surface area contributed by atoms with Gasteiger partial charge in [0.1, 0.15) is 5.75 Å². The van der Waals surface area contributed by atoms with Crippen molar-refractivity contribution < 1.29 is 4.74 Å². The van der Waals surface area contributed by atoms with E-state index in [-0.39, 0.29) is 0 Å². The average molecular weight is 273 g/mol. The molecule has 0 radical (unpaired) electrons. The van der Waals surface area contributed by atoms with E-state index in [4.69, 9.17) is 10.5 Å². The highest BCUT2D eigenvalue weighted by atomic mass is 32.2. The van der Waals surface area contributed by atoms with Crippen LogP contribution in [0, 0.1) is 6.92 Å². The summed E-state index contributed by atoms with van der Waals surface area (Å²) in [6.07, 6.45) is 0. The van der Waals surface area contributed by atoms with Gasteiger partial charge in [0.2, 0.25) is 0 Å². The molecule has 3 heteroatoms.